The Hall–Kier alpha value is -0.740. The molecule has 0 aliphatic carbocycles. The fraction of sp³-hybridized carbons (Fsp3) is 0.364. The van der Waals surface area contributed by atoms with Crippen LogP contribution in [0.2, 0.25) is 5.02 Å². The summed E-state index contributed by atoms with van der Waals surface area (Å²) in [5.74, 6) is -0.331. The number of benzene rings is 1. The van der Waals surface area contributed by atoms with Crippen molar-refractivity contribution in [3.8, 4) is 0 Å². The zero-order valence-corrected chi connectivity index (χ0v) is 10.3. The van der Waals surface area contributed by atoms with Gasteiger partial charge in [-0.1, -0.05) is 17.7 Å². The molecule has 0 amide bonds. The molecule has 1 atom stereocenters. The predicted octanol–water partition coefficient (Wildman–Crippen LogP) is 4.10. The third-order valence-corrected chi connectivity index (χ3v) is 2.73. The summed E-state index contributed by atoms with van der Waals surface area (Å²) in [4.78, 5) is 11.3. The summed E-state index contributed by atoms with van der Waals surface area (Å²) in [5.41, 5.74) is -0.689. The van der Waals surface area contributed by atoms with E-state index in [9.17, 15) is 18.0 Å². The number of rotatable bonds is 3. The molecule has 6 heteroatoms. The largest absolute Gasteiger partial charge is 0.417 e. The maximum absolute atomic E-state index is 12.5. The zero-order valence-electron chi connectivity index (χ0n) is 8.81. The summed E-state index contributed by atoms with van der Waals surface area (Å²) < 4.78 is 37.6. The van der Waals surface area contributed by atoms with Gasteiger partial charge in [-0.3, -0.25) is 4.79 Å². The molecule has 0 aliphatic heterocycles. The third-order valence-electron chi connectivity index (χ3n) is 2.16. The van der Waals surface area contributed by atoms with Crippen LogP contribution in [0.5, 0.6) is 0 Å². The van der Waals surface area contributed by atoms with E-state index in [-0.39, 0.29) is 22.8 Å². The van der Waals surface area contributed by atoms with E-state index < -0.39 is 17.1 Å². The Morgan fingerprint density at radius 3 is 2.47 bits per heavy atom. The molecule has 0 heterocycles. The molecule has 1 nitrogen and oxygen atoms in total. The Labute approximate surface area is 107 Å². The molecule has 0 radical (unpaired) electrons. The summed E-state index contributed by atoms with van der Waals surface area (Å²) in [6, 6.07) is 3.39. The molecule has 0 bridgehead atoms. The van der Waals surface area contributed by atoms with Gasteiger partial charge in [0.15, 0.2) is 5.78 Å². The maximum atomic E-state index is 12.5. The Morgan fingerprint density at radius 1 is 1.41 bits per heavy atom. The number of hydrogen-bond acceptors (Lipinski definition) is 1. The van der Waals surface area contributed by atoms with E-state index in [1.165, 1.54) is 13.0 Å². The highest BCUT2D eigenvalue weighted by Crippen LogP contribution is 2.35. The van der Waals surface area contributed by atoms with Crippen LogP contribution in [-0.4, -0.2) is 11.2 Å². The van der Waals surface area contributed by atoms with Gasteiger partial charge in [-0.15, -0.1) is 11.6 Å². The first-order chi connectivity index (χ1) is 7.71. The van der Waals surface area contributed by atoms with Crippen LogP contribution in [0.15, 0.2) is 18.2 Å². The second-order valence-electron chi connectivity index (χ2n) is 3.57. The first kappa shape index (κ1) is 14.3. The molecule has 0 fully saturated rings. The fourth-order valence-electron chi connectivity index (χ4n) is 1.24. The molecule has 1 aromatic rings. The predicted molar refractivity (Wildman–Crippen MR) is 60.5 cm³/mol. The van der Waals surface area contributed by atoms with E-state index in [2.05, 4.69) is 0 Å². The van der Waals surface area contributed by atoms with E-state index in [0.717, 1.165) is 12.1 Å². The van der Waals surface area contributed by atoms with Gasteiger partial charge in [-0.25, -0.2) is 0 Å². The van der Waals surface area contributed by atoms with Crippen molar-refractivity contribution in [3.63, 3.8) is 0 Å². The minimum absolute atomic E-state index is 0.134. The van der Waals surface area contributed by atoms with E-state index >= 15 is 0 Å². The standard InChI is InChI=1S/C11H9Cl2F3O/c1-6(12)10(17)5-7-2-3-9(13)8(4-7)11(14,15)16/h2-4,6H,5H2,1H3. The molecule has 0 spiro atoms. The van der Waals surface area contributed by atoms with Crippen molar-refractivity contribution in [1.82, 2.24) is 0 Å². The lowest BCUT2D eigenvalue weighted by Crippen LogP contribution is -2.14. The first-order valence-electron chi connectivity index (χ1n) is 4.74. The molecule has 0 saturated heterocycles. The Bertz CT molecular complexity index is 427. The van der Waals surface area contributed by atoms with Gasteiger partial charge < -0.3 is 0 Å². The number of Topliss-reactive ketones (excluding diaryl/α,β-unsaturated/α-hetero) is 1. The van der Waals surface area contributed by atoms with Gasteiger partial charge >= 0.3 is 6.18 Å². The van der Waals surface area contributed by atoms with Crippen LogP contribution in [0.3, 0.4) is 0 Å². The van der Waals surface area contributed by atoms with Crippen molar-refractivity contribution in [1.29, 1.82) is 0 Å². The molecular formula is C11H9Cl2F3O. The fourth-order valence-corrected chi connectivity index (χ4v) is 1.54. The average molecular weight is 285 g/mol. The molecule has 17 heavy (non-hydrogen) atoms. The first-order valence-corrected chi connectivity index (χ1v) is 5.55. The van der Waals surface area contributed by atoms with Crippen molar-refractivity contribution >= 4 is 29.0 Å². The van der Waals surface area contributed by atoms with E-state index in [4.69, 9.17) is 23.2 Å². The molecular weight excluding hydrogens is 276 g/mol. The van der Waals surface area contributed by atoms with Crippen LogP contribution in [0.25, 0.3) is 0 Å². The zero-order chi connectivity index (χ0) is 13.2. The summed E-state index contributed by atoms with van der Waals surface area (Å²) in [5, 5.41) is -1.10. The monoisotopic (exact) mass is 284 g/mol. The quantitative estimate of drug-likeness (QED) is 0.764. The van der Waals surface area contributed by atoms with Gasteiger partial charge in [0.05, 0.1) is 16.0 Å². The van der Waals surface area contributed by atoms with Gasteiger partial charge in [0, 0.05) is 6.42 Å². The number of hydrogen-bond donors (Lipinski definition) is 0. The summed E-state index contributed by atoms with van der Waals surface area (Å²) in [6.45, 7) is 1.48. The highest BCUT2D eigenvalue weighted by molar-refractivity contribution is 6.31. The summed E-state index contributed by atoms with van der Waals surface area (Å²) >= 11 is 11.0. The van der Waals surface area contributed by atoms with Gasteiger partial charge in [-0.2, -0.15) is 13.2 Å². The van der Waals surface area contributed by atoms with Crippen LogP contribution in [-0.2, 0) is 17.4 Å². The molecule has 94 valence electrons. The van der Waals surface area contributed by atoms with Crippen LogP contribution in [0, 0.1) is 0 Å². The van der Waals surface area contributed by atoms with Crippen molar-refractivity contribution in [3.05, 3.63) is 34.3 Å². The smallest absolute Gasteiger partial charge is 0.298 e. The highest BCUT2D eigenvalue weighted by Gasteiger charge is 2.33. The lowest BCUT2D eigenvalue weighted by Gasteiger charge is -2.11. The normalized spacial score (nSPS) is 13.5. The minimum atomic E-state index is -4.53. The molecule has 0 saturated carbocycles. The van der Waals surface area contributed by atoms with Gasteiger partial charge in [0.1, 0.15) is 0 Å². The van der Waals surface area contributed by atoms with E-state index in [1.807, 2.05) is 0 Å². The topological polar surface area (TPSA) is 17.1 Å². The van der Waals surface area contributed by atoms with Crippen molar-refractivity contribution in [2.24, 2.45) is 0 Å². The van der Waals surface area contributed by atoms with Crippen LogP contribution >= 0.6 is 23.2 Å². The third kappa shape index (κ3) is 3.89. The van der Waals surface area contributed by atoms with Crippen molar-refractivity contribution in [2.45, 2.75) is 24.9 Å². The summed E-state index contributed by atoms with van der Waals surface area (Å²) in [7, 11) is 0. The molecule has 0 N–H and O–H groups in total. The van der Waals surface area contributed by atoms with Crippen LogP contribution in [0.1, 0.15) is 18.1 Å². The Morgan fingerprint density at radius 2 is 2.00 bits per heavy atom. The Balaban J connectivity index is 3.01. The molecule has 1 rings (SSSR count). The SMILES string of the molecule is CC(Cl)C(=O)Cc1ccc(Cl)c(C(F)(F)F)c1. The Kier molecular flexibility index (Phi) is 4.44. The number of alkyl halides is 4. The van der Waals surface area contributed by atoms with E-state index in [0.29, 0.717) is 0 Å². The van der Waals surface area contributed by atoms with Crippen LogP contribution in [0.4, 0.5) is 13.2 Å². The molecule has 1 unspecified atom stereocenters. The maximum Gasteiger partial charge on any atom is 0.417 e. The highest BCUT2D eigenvalue weighted by atomic mass is 35.5. The minimum Gasteiger partial charge on any atom is -0.298 e. The van der Waals surface area contributed by atoms with Crippen LogP contribution < -0.4 is 0 Å². The van der Waals surface area contributed by atoms with Crippen molar-refractivity contribution < 1.29 is 18.0 Å². The number of ketones is 1. The lowest BCUT2D eigenvalue weighted by atomic mass is 10.0. The summed E-state index contributed by atoms with van der Waals surface area (Å²) in [6.07, 6.45) is -4.66. The van der Waals surface area contributed by atoms with Crippen molar-refractivity contribution in [2.75, 3.05) is 0 Å². The number of carbonyl (C=O) groups is 1. The second-order valence-corrected chi connectivity index (χ2v) is 4.63. The van der Waals surface area contributed by atoms with Gasteiger partial charge in [0.25, 0.3) is 0 Å². The molecule has 0 aromatic heterocycles. The molecule has 1 aromatic carbocycles. The second kappa shape index (κ2) is 5.27. The van der Waals surface area contributed by atoms with E-state index in [1.54, 1.807) is 0 Å². The van der Waals surface area contributed by atoms with Gasteiger partial charge in [0.2, 0.25) is 0 Å². The number of carbonyl (C=O) groups excluding carboxylic acids is 1. The number of halogens is 5. The molecule has 0 aliphatic rings. The van der Waals surface area contributed by atoms with Gasteiger partial charge in [-0.05, 0) is 24.6 Å². The lowest BCUT2D eigenvalue weighted by molar-refractivity contribution is -0.137. The average Bonchev–Trinajstić information content (AvgIpc) is 2.19.